The number of rotatable bonds is 6. The Bertz CT molecular complexity index is 979. The van der Waals surface area contributed by atoms with Gasteiger partial charge in [-0.3, -0.25) is 4.79 Å². The van der Waals surface area contributed by atoms with Gasteiger partial charge in [-0.2, -0.15) is 0 Å². The molecule has 0 saturated carbocycles. The van der Waals surface area contributed by atoms with Crippen molar-refractivity contribution in [2.45, 2.75) is 13.5 Å². The summed E-state index contributed by atoms with van der Waals surface area (Å²) in [4.78, 5) is 13.9. The smallest absolute Gasteiger partial charge is 0.224 e. The van der Waals surface area contributed by atoms with Gasteiger partial charge in [-0.1, -0.05) is 34.1 Å². The minimum absolute atomic E-state index is 0.224. The van der Waals surface area contributed by atoms with Crippen molar-refractivity contribution in [3.63, 3.8) is 0 Å². The van der Waals surface area contributed by atoms with Crippen molar-refractivity contribution in [2.24, 2.45) is 0 Å². The van der Waals surface area contributed by atoms with Crippen molar-refractivity contribution < 1.29 is 18.7 Å². The Morgan fingerprint density at radius 2 is 1.79 bits per heavy atom. The molecule has 0 atom stereocenters. The number of nitrogens with zero attached hydrogens (tertiary/aromatic N) is 1. The Kier molecular flexibility index (Phi) is 6.31. The van der Waals surface area contributed by atoms with Gasteiger partial charge in [0.25, 0.3) is 0 Å². The molecule has 0 bridgehead atoms. The van der Waals surface area contributed by atoms with E-state index in [1.807, 2.05) is 36.4 Å². The second-order valence-electron chi connectivity index (χ2n) is 6.09. The molecule has 0 aliphatic carbocycles. The highest BCUT2D eigenvalue weighted by molar-refractivity contribution is 9.10. The highest BCUT2D eigenvalue weighted by Gasteiger charge is 2.20. The van der Waals surface area contributed by atoms with Gasteiger partial charge in [-0.15, -0.1) is 0 Å². The maximum Gasteiger partial charge on any atom is 0.224 e. The van der Waals surface area contributed by atoms with E-state index in [9.17, 15) is 9.18 Å². The van der Waals surface area contributed by atoms with Gasteiger partial charge in [0.15, 0.2) is 5.75 Å². The minimum Gasteiger partial charge on any atom is -0.497 e. The lowest BCUT2D eigenvalue weighted by Gasteiger charge is -2.24. The van der Waals surface area contributed by atoms with Gasteiger partial charge in [-0.05, 0) is 48.0 Å². The van der Waals surface area contributed by atoms with Crippen molar-refractivity contribution in [2.75, 3.05) is 12.0 Å². The summed E-state index contributed by atoms with van der Waals surface area (Å²) in [7, 11) is 1.58. The molecule has 0 aliphatic rings. The van der Waals surface area contributed by atoms with Crippen LogP contribution in [-0.4, -0.2) is 13.0 Å². The maximum absolute atomic E-state index is 14.0. The lowest BCUT2D eigenvalue weighted by Crippen LogP contribution is -2.28. The van der Waals surface area contributed by atoms with E-state index in [1.165, 1.54) is 30.0 Å². The summed E-state index contributed by atoms with van der Waals surface area (Å²) in [5, 5.41) is 0. The van der Waals surface area contributed by atoms with Gasteiger partial charge >= 0.3 is 0 Å². The maximum atomic E-state index is 14.0. The molecule has 0 saturated heterocycles. The molecular formula is C22H19BrFNO3. The summed E-state index contributed by atoms with van der Waals surface area (Å²) < 4.78 is 26.0. The summed E-state index contributed by atoms with van der Waals surface area (Å²) in [5.41, 5.74) is 1.18. The number of ether oxygens (including phenoxy) is 2. The molecule has 28 heavy (non-hydrogen) atoms. The first-order valence-electron chi connectivity index (χ1n) is 8.61. The average molecular weight is 444 g/mol. The lowest BCUT2D eigenvalue weighted by atomic mass is 10.1. The van der Waals surface area contributed by atoms with Crippen molar-refractivity contribution >= 4 is 27.5 Å². The van der Waals surface area contributed by atoms with Crippen LogP contribution < -0.4 is 14.4 Å². The summed E-state index contributed by atoms with van der Waals surface area (Å²) in [6, 6.07) is 18.8. The Morgan fingerprint density at radius 1 is 1.04 bits per heavy atom. The monoisotopic (exact) mass is 443 g/mol. The highest BCUT2D eigenvalue weighted by Crippen LogP contribution is 2.35. The molecule has 3 aromatic carbocycles. The molecule has 0 unspecified atom stereocenters. The number of halogens is 2. The van der Waals surface area contributed by atoms with E-state index in [4.69, 9.17) is 9.47 Å². The first-order valence-corrected chi connectivity index (χ1v) is 9.40. The number of para-hydroxylation sites is 1. The van der Waals surface area contributed by atoms with E-state index in [2.05, 4.69) is 15.9 Å². The summed E-state index contributed by atoms with van der Waals surface area (Å²) in [6.45, 7) is 1.66. The zero-order valence-corrected chi connectivity index (χ0v) is 17.1. The second kappa shape index (κ2) is 8.89. The number of benzene rings is 3. The summed E-state index contributed by atoms with van der Waals surface area (Å²) in [6.07, 6.45) is 0. The Morgan fingerprint density at radius 3 is 2.46 bits per heavy atom. The van der Waals surface area contributed by atoms with Crippen LogP contribution in [0.2, 0.25) is 0 Å². The molecule has 0 aliphatic heterocycles. The molecule has 0 N–H and O–H groups in total. The van der Waals surface area contributed by atoms with Crippen molar-refractivity contribution in [3.8, 4) is 17.2 Å². The number of anilines is 1. The molecule has 0 radical (unpaired) electrons. The minimum atomic E-state index is -0.452. The second-order valence-corrected chi connectivity index (χ2v) is 6.94. The van der Waals surface area contributed by atoms with Gasteiger partial charge < -0.3 is 14.4 Å². The highest BCUT2D eigenvalue weighted by atomic mass is 79.9. The Hall–Kier alpha value is -2.86. The van der Waals surface area contributed by atoms with E-state index in [1.54, 1.807) is 19.2 Å². The standard InChI is InChI=1S/C22H19BrFNO3/c1-15(26)25(14-16-12-19(27-2)9-10-20(16)23)21-13-17(24)8-11-22(21)28-18-6-4-3-5-7-18/h3-13H,14H2,1-2H3. The summed E-state index contributed by atoms with van der Waals surface area (Å²) >= 11 is 3.50. The van der Waals surface area contributed by atoms with Crippen molar-refractivity contribution in [1.29, 1.82) is 0 Å². The van der Waals surface area contributed by atoms with E-state index in [-0.39, 0.29) is 12.5 Å². The number of carbonyl (C=O) groups is 1. The fourth-order valence-electron chi connectivity index (χ4n) is 2.74. The average Bonchev–Trinajstić information content (AvgIpc) is 2.69. The number of carbonyl (C=O) groups excluding carboxylic acids is 1. The fourth-order valence-corrected chi connectivity index (χ4v) is 3.11. The van der Waals surface area contributed by atoms with Crippen LogP contribution >= 0.6 is 15.9 Å². The molecule has 3 aromatic rings. The SMILES string of the molecule is COc1ccc(Br)c(CN(C(C)=O)c2cc(F)ccc2Oc2ccccc2)c1. The van der Waals surface area contributed by atoms with Crippen LogP contribution in [0.15, 0.2) is 71.2 Å². The van der Waals surface area contributed by atoms with Crippen LogP contribution in [0.25, 0.3) is 0 Å². The number of amides is 1. The molecule has 3 rings (SSSR count). The summed E-state index contributed by atoms with van der Waals surface area (Å²) in [5.74, 6) is 0.967. The molecule has 0 heterocycles. The Balaban J connectivity index is 2.00. The van der Waals surface area contributed by atoms with Gasteiger partial charge in [0.2, 0.25) is 5.91 Å². The quantitative estimate of drug-likeness (QED) is 0.472. The van der Waals surface area contributed by atoms with E-state index in [0.717, 1.165) is 10.0 Å². The third kappa shape index (κ3) is 4.70. The van der Waals surface area contributed by atoms with Gasteiger partial charge in [-0.25, -0.2) is 4.39 Å². The zero-order valence-electron chi connectivity index (χ0n) is 15.5. The third-order valence-electron chi connectivity index (χ3n) is 4.14. The van der Waals surface area contributed by atoms with Gasteiger partial charge in [0.05, 0.1) is 19.3 Å². The van der Waals surface area contributed by atoms with Crippen molar-refractivity contribution in [1.82, 2.24) is 0 Å². The van der Waals surface area contributed by atoms with E-state index in [0.29, 0.717) is 22.9 Å². The number of hydrogen-bond acceptors (Lipinski definition) is 3. The van der Waals surface area contributed by atoms with Crippen molar-refractivity contribution in [3.05, 3.63) is 82.6 Å². The fraction of sp³-hybridized carbons (Fsp3) is 0.136. The van der Waals surface area contributed by atoms with Crippen LogP contribution in [0.3, 0.4) is 0 Å². The van der Waals surface area contributed by atoms with Gasteiger partial charge in [0, 0.05) is 17.5 Å². The van der Waals surface area contributed by atoms with Crippen LogP contribution in [0, 0.1) is 5.82 Å². The number of hydrogen-bond donors (Lipinski definition) is 0. The first kappa shape index (κ1) is 19.9. The largest absolute Gasteiger partial charge is 0.497 e. The van der Waals surface area contributed by atoms with E-state index >= 15 is 0 Å². The molecule has 0 aromatic heterocycles. The van der Waals surface area contributed by atoms with Crippen LogP contribution in [0.4, 0.5) is 10.1 Å². The molecule has 0 fully saturated rings. The predicted molar refractivity (Wildman–Crippen MR) is 110 cm³/mol. The molecule has 1 amide bonds. The molecular weight excluding hydrogens is 425 g/mol. The number of methoxy groups -OCH3 is 1. The zero-order chi connectivity index (χ0) is 20.1. The molecule has 0 spiro atoms. The van der Waals surface area contributed by atoms with E-state index < -0.39 is 5.82 Å². The molecule has 6 heteroatoms. The molecule has 144 valence electrons. The van der Waals surface area contributed by atoms with Crippen LogP contribution in [0.5, 0.6) is 17.2 Å². The molecule has 4 nitrogen and oxygen atoms in total. The van der Waals surface area contributed by atoms with Gasteiger partial charge in [0.1, 0.15) is 17.3 Å². The first-order chi connectivity index (χ1) is 13.5. The van der Waals surface area contributed by atoms with Crippen LogP contribution in [-0.2, 0) is 11.3 Å². The van der Waals surface area contributed by atoms with Crippen LogP contribution in [0.1, 0.15) is 12.5 Å². The topological polar surface area (TPSA) is 38.8 Å². The predicted octanol–water partition coefficient (Wildman–Crippen LogP) is 5.94. The normalized spacial score (nSPS) is 10.4. The third-order valence-corrected chi connectivity index (χ3v) is 4.92. The Labute approximate surface area is 171 Å². The lowest BCUT2D eigenvalue weighted by molar-refractivity contribution is -0.116.